The number of pyridine rings is 1. The van der Waals surface area contributed by atoms with Gasteiger partial charge in [0.25, 0.3) is 5.91 Å². The van der Waals surface area contributed by atoms with Crippen LogP contribution in [0.15, 0.2) is 18.3 Å². The van der Waals surface area contributed by atoms with Crippen molar-refractivity contribution in [1.29, 1.82) is 0 Å². The van der Waals surface area contributed by atoms with Crippen molar-refractivity contribution < 1.29 is 18.0 Å². The minimum Gasteiger partial charge on any atom is -0.397 e. The molecule has 0 spiro atoms. The van der Waals surface area contributed by atoms with Gasteiger partial charge < -0.3 is 11.5 Å². The van der Waals surface area contributed by atoms with Crippen molar-refractivity contribution >= 4 is 11.6 Å². The summed E-state index contributed by atoms with van der Waals surface area (Å²) >= 11 is 0. The zero-order valence-corrected chi connectivity index (χ0v) is 9.32. The zero-order chi connectivity index (χ0) is 14.2. The number of H-pyrrole nitrogens is 1. The van der Waals surface area contributed by atoms with Crippen LogP contribution in [0.4, 0.5) is 18.9 Å². The Balaban J connectivity index is 2.74. The highest BCUT2D eigenvalue weighted by molar-refractivity contribution is 5.96. The Hall–Kier alpha value is -2.58. The molecule has 6 nitrogen and oxygen atoms in total. The molecule has 0 atom stereocenters. The molecule has 0 fully saturated rings. The minimum absolute atomic E-state index is 0.00910. The van der Waals surface area contributed by atoms with Gasteiger partial charge in [0.2, 0.25) is 0 Å². The van der Waals surface area contributed by atoms with Crippen LogP contribution in [0.5, 0.6) is 0 Å². The zero-order valence-electron chi connectivity index (χ0n) is 9.32. The maximum atomic E-state index is 12.9. The van der Waals surface area contributed by atoms with E-state index in [9.17, 15) is 18.0 Å². The number of alkyl halides is 3. The van der Waals surface area contributed by atoms with Crippen LogP contribution < -0.4 is 11.5 Å². The van der Waals surface area contributed by atoms with Crippen LogP contribution in [-0.4, -0.2) is 21.1 Å². The number of rotatable bonds is 2. The van der Waals surface area contributed by atoms with Gasteiger partial charge in [-0.25, -0.2) is 4.98 Å². The van der Waals surface area contributed by atoms with E-state index < -0.39 is 34.7 Å². The number of nitrogen functional groups attached to an aromatic ring is 1. The number of carbonyl (C=O) groups is 1. The summed E-state index contributed by atoms with van der Waals surface area (Å²) in [6.07, 6.45) is -3.41. The molecule has 0 aliphatic carbocycles. The van der Waals surface area contributed by atoms with E-state index in [2.05, 4.69) is 15.2 Å². The molecule has 0 aliphatic heterocycles. The second-order valence-electron chi connectivity index (χ2n) is 3.65. The Labute approximate surface area is 104 Å². The Morgan fingerprint density at radius 3 is 2.53 bits per heavy atom. The molecule has 0 aromatic carbocycles. The summed E-state index contributed by atoms with van der Waals surface area (Å²) in [6.45, 7) is 0. The number of hydrogen-bond acceptors (Lipinski definition) is 4. The molecule has 19 heavy (non-hydrogen) atoms. The van der Waals surface area contributed by atoms with Gasteiger partial charge in [0.05, 0.1) is 16.9 Å². The summed E-state index contributed by atoms with van der Waals surface area (Å²) < 4.78 is 38.7. The van der Waals surface area contributed by atoms with Crippen LogP contribution >= 0.6 is 0 Å². The standard InChI is InChI=1S/C10H8F3N5O/c11-10(12,13)4-3-5(14)8(9(15)19)17-7(4)6-1-2-16-18-6/h1-3H,14H2,(H2,15,19)(H,16,18). The van der Waals surface area contributed by atoms with Gasteiger partial charge in [-0.2, -0.15) is 18.3 Å². The molecular formula is C10H8F3N5O. The number of aromatic amines is 1. The van der Waals surface area contributed by atoms with Crippen molar-refractivity contribution in [2.75, 3.05) is 5.73 Å². The number of hydrogen-bond donors (Lipinski definition) is 3. The third-order valence-corrected chi connectivity index (χ3v) is 2.35. The Bertz CT molecular complexity index is 621. The number of halogens is 3. The van der Waals surface area contributed by atoms with E-state index in [4.69, 9.17) is 11.5 Å². The first-order valence-corrected chi connectivity index (χ1v) is 4.98. The summed E-state index contributed by atoms with van der Waals surface area (Å²) in [5.41, 5.74) is 7.97. The average Bonchev–Trinajstić information content (AvgIpc) is 2.80. The van der Waals surface area contributed by atoms with Gasteiger partial charge in [0.1, 0.15) is 5.69 Å². The average molecular weight is 271 g/mol. The summed E-state index contributed by atoms with van der Waals surface area (Å²) in [6, 6.07) is 1.92. The second-order valence-corrected chi connectivity index (χ2v) is 3.65. The quantitative estimate of drug-likeness (QED) is 0.761. The number of primary amides is 1. The summed E-state index contributed by atoms with van der Waals surface area (Å²) in [5.74, 6) is -1.01. The molecule has 2 heterocycles. The maximum absolute atomic E-state index is 12.9. The molecule has 0 unspecified atom stereocenters. The largest absolute Gasteiger partial charge is 0.418 e. The molecule has 2 aromatic rings. The third kappa shape index (κ3) is 2.34. The number of carbonyl (C=O) groups excluding carboxylic acids is 1. The SMILES string of the molecule is NC(=O)c1nc(-c2ccn[nH]2)c(C(F)(F)F)cc1N. The van der Waals surface area contributed by atoms with Crippen LogP contribution in [0, 0.1) is 0 Å². The summed E-state index contributed by atoms with van der Waals surface area (Å²) in [7, 11) is 0. The monoisotopic (exact) mass is 271 g/mol. The van der Waals surface area contributed by atoms with E-state index >= 15 is 0 Å². The van der Waals surface area contributed by atoms with Gasteiger partial charge in [-0.05, 0) is 12.1 Å². The van der Waals surface area contributed by atoms with Crippen molar-refractivity contribution in [3.63, 3.8) is 0 Å². The number of nitrogens with two attached hydrogens (primary N) is 2. The molecule has 1 amide bonds. The fraction of sp³-hybridized carbons (Fsp3) is 0.100. The molecule has 2 aromatic heterocycles. The van der Waals surface area contributed by atoms with E-state index in [1.54, 1.807) is 0 Å². The molecule has 0 bridgehead atoms. The fourth-order valence-corrected chi connectivity index (χ4v) is 1.54. The Kier molecular flexibility index (Phi) is 2.89. The minimum atomic E-state index is -4.67. The van der Waals surface area contributed by atoms with Gasteiger partial charge in [-0.1, -0.05) is 0 Å². The highest BCUT2D eigenvalue weighted by atomic mass is 19.4. The fourth-order valence-electron chi connectivity index (χ4n) is 1.54. The van der Waals surface area contributed by atoms with Crippen LogP contribution in [0.3, 0.4) is 0 Å². The lowest BCUT2D eigenvalue weighted by Crippen LogP contribution is -2.19. The molecule has 9 heteroatoms. The molecule has 100 valence electrons. The lowest BCUT2D eigenvalue weighted by atomic mass is 10.1. The molecule has 0 saturated carbocycles. The van der Waals surface area contributed by atoms with Gasteiger partial charge in [0.15, 0.2) is 5.69 Å². The van der Waals surface area contributed by atoms with Crippen LogP contribution in [0.25, 0.3) is 11.4 Å². The van der Waals surface area contributed by atoms with E-state index in [0.29, 0.717) is 6.07 Å². The highest BCUT2D eigenvalue weighted by Gasteiger charge is 2.36. The summed E-state index contributed by atoms with van der Waals surface area (Å²) in [5, 5.41) is 5.89. The van der Waals surface area contributed by atoms with Crippen molar-refractivity contribution in [3.05, 3.63) is 29.6 Å². The number of nitrogens with zero attached hydrogens (tertiary/aromatic N) is 2. The molecule has 5 N–H and O–H groups in total. The summed E-state index contributed by atoms with van der Waals surface area (Å²) in [4.78, 5) is 14.7. The first-order chi connectivity index (χ1) is 8.80. The number of amides is 1. The smallest absolute Gasteiger partial charge is 0.397 e. The lowest BCUT2D eigenvalue weighted by Gasteiger charge is -2.13. The van der Waals surface area contributed by atoms with E-state index in [0.717, 1.165) is 0 Å². The number of aromatic nitrogens is 3. The van der Waals surface area contributed by atoms with E-state index in [1.807, 2.05) is 0 Å². The van der Waals surface area contributed by atoms with Gasteiger partial charge >= 0.3 is 6.18 Å². The molecule has 2 rings (SSSR count). The number of anilines is 1. The van der Waals surface area contributed by atoms with Crippen LogP contribution in [0.2, 0.25) is 0 Å². The molecular weight excluding hydrogens is 263 g/mol. The van der Waals surface area contributed by atoms with Gasteiger partial charge in [0, 0.05) is 6.20 Å². The van der Waals surface area contributed by atoms with E-state index in [1.165, 1.54) is 12.3 Å². The topological polar surface area (TPSA) is 111 Å². The van der Waals surface area contributed by atoms with Crippen molar-refractivity contribution in [2.24, 2.45) is 5.73 Å². The third-order valence-electron chi connectivity index (χ3n) is 2.35. The first-order valence-electron chi connectivity index (χ1n) is 4.98. The van der Waals surface area contributed by atoms with Crippen molar-refractivity contribution in [1.82, 2.24) is 15.2 Å². The van der Waals surface area contributed by atoms with Crippen LogP contribution in [-0.2, 0) is 6.18 Å². The van der Waals surface area contributed by atoms with Crippen LogP contribution in [0.1, 0.15) is 16.1 Å². The molecule has 0 radical (unpaired) electrons. The lowest BCUT2D eigenvalue weighted by molar-refractivity contribution is -0.137. The predicted octanol–water partition coefficient (Wildman–Crippen LogP) is 1.17. The van der Waals surface area contributed by atoms with Crippen molar-refractivity contribution in [2.45, 2.75) is 6.18 Å². The molecule has 0 aliphatic rings. The Morgan fingerprint density at radius 1 is 1.37 bits per heavy atom. The molecule has 0 saturated heterocycles. The normalized spacial score (nSPS) is 11.5. The maximum Gasteiger partial charge on any atom is 0.418 e. The van der Waals surface area contributed by atoms with Crippen molar-refractivity contribution in [3.8, 4) is 11.4 Å². The number of nitrogens with one attached hydrogen (secondary N) is 1. The van der Waals surface area contributed by atoms with Gasteiger partial charge in [-0.3, -0.25) is 9.89 Å². The predicted molar refractivity (Wildman–Crippen MR) is 59.8 cm³/mol. The first kappa shape index (κ1) is 12.9. The highest BCUT2D eigenvalue weighted by Crippen LogP contribution is 2.37. The van der Waals surface area contributed by atoms with Gasteiger partial charge in [-0.15, -0.1) is 0 Å². The van der Waals surface area contributed by atoms with E-state index in [-0.39, 0.29) is 5.69 Å². The Morgan fingerprint density at radius 2 is 2.05 bits per heavy atom. The second kappa shape index (κ2) is 4.26.